The minimum atomic E-state index is 0.379. The van der Waals surface area contributed by atoms with E-state index in [1.165, 1.54) is 0 Å². The van der Waals surface area contributed by atoms with Crippen molar-refractivity contribution in [3.8, 4) is 11.5 Å². The Hall–Kier alpha value is -2.50. The lowest BCUT2D eigenvalue weighted by Crippen LogP contribution is -2.35. The van der Waals surface area contributed by atoms with Crippen LogP contribution in [-0.4, -0.2) is 50.4 Å². The molecule has 1 aliphatic rings. The maximum absolute atomic E-state index is 5.38. The van der Waals surface area contributed by atoms with E-state index in [-0.39, 0.29) is 0 Å². The second-order valence-corrected chi connectivity index (χ2v) is 6.07. The van der Waals surface area contributed by atoms with Gasteiger partial charge in [0.2, 0.25) is 5.95 Å². The molecule has 0 saturated carbocycles. The Morgan fingerprint density at radius 2 is 1.88 bits per heavy atom. The fraction of sp³-hybridized carbons (Fsp3) is 0.444. The Bertz CT molecular complexity index is 685. The predicted octanol–water partition coefficient (Wildman–Crippen LogP) is 2.52. The first kappa shape index (κ1) is 16.4. The summed E-state index contributed by atoms with van der Waals surface area (Å²) in [7, 11) is 5.41. The number of aromatic nitrogens is 2. The van der Waals surface area contributed by atoms with E-state index in [0.29, 0.717) is 6.04 Å². The number of methoxy groups -OCH3 is 2. The summed E-state index contributed by atoms with van der Waals surface area (Å²) in [4.78, 5) is 13.4. The van der Waals surface area contributed by atoms with Crippen LogP contribution in [0.1, 0.15) is 12.1 Å². The monoisotopic (exact) mass is 328 g/mol. The number of benzene rings is 1. The van der Waals surface area contributed by atoms with E-state index in [2.05, 4.69) is 26.8 Å². The van der Waals surface area contributed by atoms with Gasteiger partial charge in [-0.3, -0.25) is 0 Å². The van der Waals surface area contributed by atoms with Gasteiger partial charge >= 0.3 is 0 Å². The van der Waals surface area contributed by atoms with Crippen LogP contribution in [0.4, 0.5) is 11.6 Å². The van der Waals surface area contributed by atoms with Gasteiger partial charge in [-0.05, 0) is 19.4 Å². The highest BCUT2D eigenvalue weighted by Crippen LogP contribution is 2.31. The van der Waals surface area contributed by atoms with Crippen LogP contribution in [-0.2, 0) is 0 Å². The van der Waals surface area contributed by atoms with Gasteiger partial charge in [0.1, 0.15) is 11.5 Å². The number of hydrogen-bond donors (Lipinski definition) is 0. The van der Waals surface area contributed by atoms with Crippen LogP contribution in [0, 0.1) is 6.92 Å². The molecule has 0 bridgehead atoms. The predicted molar refractivity (Wildman–Crippen MR) is 95.3 cm³/mol. The van der Waals surface area contributed by atoms with Gasteiger partial charge in [0.25, 0.3) is 0 Å². The summed E-state index contributed by atoms with van der Waals surface area (Å²) in [5.74, 6) is 2.40. The summed E-state index contributed by atoms with van der Waals surface area (Å²) >= 11 is 0. The highest BCUT2D eigenvalue weighted by atomic mass is 16.5. The zero-order valence-electron chi connectivity index (χ0n) is 14.7. The summed E-state index contributed by atoms with van der Waals surface area (Å²) in [6.07, 6.45) is 2.88. The number of aryl methyl sites for hydroxylation is 1. The van der Waals surface area contributed by atoms with Crippen molar-refractivity contribution in [1.29, 1.82) is 0 Å². The second kappa shape index (κ2) is 6.95. The van der Waals surface area contributed by atoms with Crippen LogP contribution >= 0.6 is 0 Å². The highest BCUT2D eigenvalue weighted by molar-refractivity contribution is 5.57. The van der Waals surface area contributed by atoms with E-state index >= 15 is 0 Å². The van der Waals surface area contributed by atoms with Gasteiger partial charge < -0.3 is 19.3 Å². The molecule has 6 nitrogen and oxygen atoms in total. The number of rotatable bonds is 5. The number of hydrogen-bond acceptors (Lipinski definition) is 6. The second-order valence-electron chi connectivity index (χ2n) is 6.07. The molecule has 1 fully saturated rings. The Kier molecular flexibility index (Phi) is 4.74. The van der Waals surface area contributed by atoms with Gasteiger partial charge in [-0.15, -0.1) is 0 Å². The number of likely N-dealkylation sites (N-methyl/N-ethyl adjacent to an activating group) is 1. The SMILES string of the molecule is COc1cc(OC)cc(N2CCC(N(C)c3nccc(C)n3)C2)c1. The molecular formula is C18H24N4O2. The van der Waals surface area contributed by atoms with Gasteiger partial charge in [0.15, 0.2) is 0 Å². The smallest absolute Gasteiger partial charge is 0.225 e. The van der Waals surface area contributed by atoms with Gasteiger partial charge in [0.05, 0.1) is 20.3 Å². The van der Waals surface area contributed by atoms with Gasteiger partial charge in [-0.1, -0.05) is 0 Å². The third kappa shape index (κ3) is 3.37. The quantitative estimate of drug-likeness (QED) is 0.841. The molecule has 0 radical (unpaired) electrons. The lowest BCUT2D eigenvalue weighted by atomic mass is 10.2. The first-order valence-corrected chi connectivity index (χ1v) is 8.11. The Morgan fingerprint density at radius 1 is 1.17 bits per heavy atom. The highest BCUT2D eigenvalue weighted by Gasteiger charge is 2.27. The van der Waals surface area contributed by atoms with E-state index in [1.807, 2.05) is 37.4 Å². The molecule has 0 N–H and O–H groups in total. The largest absolute Gasteiger partial charge is 0.497 e. The molecule has 2 heterocycles. The molecule has 0 amide bonds. The van der Waals surface area contributed by atoms with Gasteiger partial charge in [-0.2, -0.15) is 0 Å². The number of anilines is 2. The fourth-order valence-electron chi connectivity index (χ4n) is 3.04. The Morgan fingerprint density at radius 3 is 2.50 bits per heavy atom. The lowest BCUT2D eigenvalue weighted by molar-refractivity contribution is 0.394. The molecule has 0 spiro atoms. The minimum Gasteiger partial charge on any atom is -0.497 e. The van der Waals surface area contributed by atoms with E-state index in [9.17, 15) is 0 Å². The third-order valence-corrected chi connectivity index (χ3v) is 4.51. The maximum Gasteiger partial charge on any atom is 0.225 e. The van der Waals surface area contributed by atoms with Crippen molar-refractivity contribution in [3.05, 3.63) is 36.2 Å². The normalized spacial score (nSPS) is 17.0. The van der Waals surface area contributed by atoms with Crippen molar-refractivity contribution in [2.75, 3.05) is 44.2 Å². The summed E-state index contributed by atoms with van der Waals surface area (Å²) in [6, 6.07) is 8.29. The summed E-state index contributed by atoms with van der Waals surface area (Å²) in [5, 5.41) is 0. The standard InChI is InChI=1S/C18H24N4O2/c1-13-5-7-19-18(20-13)21(2)14-6-8-22(12-14)15-9-16(23-3)11-17(10-15)24-4/h5,7,9-11,14H,6,8,12H2,1-4H3. The minimum absolute atomic E-state index is 0.379. The van der Waals surface area contributed by atoms with Crippen molar-refractivity contribution in [2.24, 2.45) is 0 Å². The fourth-order valence-corrected chi connectivity index (χ4v) is 3.04. The Balaban J connectivity index is 1.75. The molecule has 0 aliphatic carbocycles. The van der Waals surface area contributed by atoms with Gasteiger partial charge in [-0.25, -0.2) is 9.97 Å². The van der Waals surface area contributed by atoms with Crippen LogP contribution in [0.3, 0.4) is 0 Å². The van der Waals surface area contributed by atoms with Crippen molar-refractivity contribution in [3.63, 3.8) is 0 Å². The zero-order valence-corrected chi connectivity index (χ0v) is 14.7. The van der Waals surface area contributed by atoms with Crippen LogP contribution in [0.2, 0.25) is 0 Å². The van der Waals surface area contributed by atoms with Crippen LogP contribution in [0.25, 0.3) is 0 Å². The van der Waals surface area contributed by atoms with Crippen molar-refractivity contribution >= 4 is 11.6 Å². The Labute approximate surface area is 143 Å². The summed E-state index contributed by atoms with van der Waals surface area (Å²) in [5.41, 5.74) is 2.10. The molecule has 1 atom stereocenters. The average Bonchev–Trinajstić information content (AvgIpc) is 3.10. The van der Waals surface area contributed by atoms with Crippen LogP contribution < -0.4 is 19.3 Å². The molecule has 24 heavy (non-hydrogen) atoms. The maximum atomic E-state index is 5.38. The molecule has 1 aromatic carbocycles. The summed E-state index contributed by atoms with van der Waals surface area (Å²) in [6.45, 7) is 3.89. The molecule has 1 aliphatic heterocycles. The molecule has 3 rings (SSSR count). The first-order valence-electron chi connectivity index (χ1n) is 8.11. The molecule has 2 aromatic rings. The first-order chi connectivity index (χ1) is 11.6. The molecule has 1 saturated heterocycles. The number of ether oxygens (including phenoxy) is 2. The van der Waals surface area contributed by atoms with E-state index in [0.717, 1.165) is 48.3 Å². The topological polar surface area (TPSA) is 50.7 Å². The lowest BCUT2D eigenvalue weighted by Gasteiger charge is -2.26. The van der Waals surface area contributed by atoms with Crippen molar-refractivity contribution in [2.45, 2.75) is 19.4 Å². The summed E-state index contributed by atoms with van der Waals surface area (Å²) < 4.78 is 10.8. The number of nitrogens with zero attached hydrogens (tertiary/aromatic N) is 4. The van der Waals surface area contributed by atoms with E-state index in [4.69, 9.17) is 9.47 Å². The third-order valence-electron chi connectivity index (χ3n) is 4.51. The van der Waals surface area contributed by atoms with Crippen LogP contribution in [0.15, 0.2) is 30.5 Å². The zero-order chi connectivity index (χ0) is 17.1. The average molecular weight is 328 g/mol. The van der Waals surface area contributed by atoms with Gasteiger partial charge in [0, 0.05) is 55.9 Å². The van der Waals surface area contributed by atoms with Crippen LogP contribution in [0.5, 0.6) is 11.5 Å². The molecule has 6 heteroatoms. The molecule has 1 aromatic heterocycles. The van der Waals surface area contributed by atoms with Crippen molar-refractivity contribution < 1.29 is 9.47 Å². The van der Waals surface area contributed by atoms with E-state index in [1.54, 1.807) is 14.2 Å². The molecule has 128 valence electrons. The molecular weight excluding hydrogens is 304 g/mol. The molecule has 1 unspecified atom stereocenters. The van der Waals surface area contributed by atoms with Crippen molar-refractivity contribution in [1.82, 2.24) is 9.97 Å². The van der Waals surface area contributed by atoms with E-state index < -0.39 is 0 Å².